The van der Waals surface area contributed by atoms with Crippen LogP contribution in [0.2, 0.25) is 5.02 Å². The molecule has 5 heteroatoms. The summed E-state index contributed by atoms with van der Waals surface area (Å²) in [5, 5.41) is 8.64. The number of halogens is 3. The van der Waals surface area contributed by atoms with Gasteiger partial charge in [0.25, 0.3) is 0 Å². The van der Waals surface area contributed by atoms with E-state index in [0.717, 1.165) is 12.1 Å². The average Bonchev–Trinajstić information content (AvgIpc) is 2.10. The van der Waals surface area contributed by atoms with Gasteiger partial charge in [0.05, 0.1) is 6.61 Å². The van der Waals surface area contributed by atoms with Crippen LogP contribution in [-0.4, -0.2) is 17.8 Å². The molecule has 2 nitrogen and oxygen atoms in total. The maximum absolute atomic E-state index is 13.1. The summed E-state index contributed by atoms with van der Waals surface area (Å²) in [6, 6.07) is 1.37. The molecular formula is C9H10ClF2NO. The molecule has 1 unspecified atom stereocenters. The molecule has 1 atom stereocenters. The second kappa shape index (κ2) is 4.68. The van der Waals surface area contributed by atoms with Gasteiger partial charge in [-0.1, -0.05) is 11.6 Å². The van der Waals surface area contributed by atoms with Crippen LogP contribution in [0.4, 0.5) is 8.78 Å². The number of aliphatic hydroxyl groups excluding tert-OH is 1. The third kappa shape index (κ3) is 2.64. The lowest BCUT2D eigenvalue weighted by molar-refractivity contribution is 0.263. The van der Waals surface area contributed by atoms with E-state index in [1.165, 1.54) is 0 Å². The van der Waals surface area contributed by atoms with Crippen LogP contribution < -0.4 is 5.73 Å². The molecule has 0 saturated carbocycles. The summed E-state index contributed by atoms with van der Waals surface area (Å²) >= 11 is 5.43. The molecular weight excluding hydrogens is 212 g/mol. The van der Waals surface area contributed by atoms with E-state index >= 15 is 0 Å². The molecule has 0 aliphatic rings. The first kappa shape index (κ1) is 11.4. The predicted octanol–water partition coefficient (Wildman–Crippen LogP) is 1.48. The number of nitrogens with two attached hydrogens (primary N) is 1. The minimum absolute atomic E-state index is 0.00122. The van der Waals surface area contributed by atoms with Gasteiger partial charge in [-0.2, -0.15) is 0 Å². The lowest BCUT2D eigenvalue weighted by Crippen LogP contribution is -2.27. The molecule has 0 radical (unpaired) electrons. The molecule has 0 saturated heterocycles. The topological polar surface area (TPSA) is 46.2 Å². The number of rotatable bonds is 3. The average molecular weight is 222 g/mol. The van der Waals surface area contributed by atoms with Gasteiger partial charge in [0, 0.05) is 16.6 Å². The van der Waals surface area contributed by atoms with Crippen molar-refractivity contribution in [2.45, 2.75) is 12.5 Å². The molecule has 1 aromatic rings. The van der Waals surface area contributed by atoms with Gasteiger partial charge in [0.15, 0.2) is 0 Å². The van der Waals surface area contributed by atoms with Crippen LogP contribution in [0.5, 0.6) is 0 Å². The quantitative estimate of drug-likeness (QED) is 0.812. The fourth-order valence-electron chi connectivity index (χ4n) is 1.09. The van der Waals surface area contributed by atoms with Crippen LogP contribution in [0.25, 0.3) is 0 Å². The van der Waals surface area contributed by atoms with Crippen LogP contribution in [0.3, 0.4) is 0 Å². The first-order valence-corrected chi connectivity index (χ1v) is 4.42. The molecule has 0 aromatic heterocycles. The summed E-state index contributed by atoms with van der Waals surface area (Å²) in [6.07, 6.45) is -0.0503. The van der Waals surface area contributed by atoms with E-state index in [1.807, 2.05) is 0 Å². The van der Waals surface area contributed by atoms with E-state index in [1.54, 1.807) is 0 Å². The first-order chi connectivity index (χ1) is 6.54. The van der Waals surface area contributed by atoms with Gasteiger partial charge in [-0.3, -0.25) is 0 Å². The predicted molar refractivity (Wildman–Crippen MR) is 50.1 cm³/mol. The molecule has 0 bridgehead atoms. The minimum Gasteiger partial charge on any atom is -0.395 e. The van der Waals surface area contributed by atoms with Gasteiger partial charge in [-0.15, -0.1) is 0 Å². The van der Waals surface area contributed by atoms with Crippen molar-refractivity contribution in [3.63, 3.8) is 0 Å². The van der Waals surface area contributed by atoms with Gasteiger partial charge in [-0.25, -0.2) is 8.78 Å². The normalized spacial score (nSPS) is 12.9. The molecule has 0 spiro atoms. The number of benzene rings is 1. The van der Waals surface area contributed by atoms with E-state index in [9.17, 15) is 8.78 Å². The summed E-state index contributed by atoms with van der Waals surface area (Å²) < 4.78 is 26.3. The Morgan fingerprint density at radius 2 is 1.86 bits per heavy atom. The van der Waals surface area contributed by atoms with Crippen molar-refractivity contribution in [3.05, 3.63) is 34.4 Å². The Bertz CT molecular complexity index is 310. The fraction of sp³-hybridized carbons (Fsp3) is 0.333. The van der Waals surface area contributed by atoms with Crippen LogP contribution in [-0.2, 0) is 6.42 Å². The fourth-order valence-corrected chi connectivity index (χ4v) is 1.29. The molecule has 0 aliphatic carbocycles. The second-order valence-corrected chi connectivity index (χ2v) is 3.43. The van der Waals surface area contributed by atoms with Crippen LogP contribution >= 0.6 is 11.6 Å². The van der Waals surface area contributed by atoms with E-state index in [-0.39, 0.29) is 23.6 Å². The Balaban J connectivity index is 2.96. The summed E-state index contributed by atoms with van der Waals surface area (Å²) in [5.41, 5.74) is 5.22. The minimum atomic E-state index is -0.737. The Labute approximate surface area is 85.3 Å². The van der Waals surface area contributed by atoms with E-state index in [2.05, 4.69) is 0 Å². The Morgan fingerprint density at radius 1 is 1.36 bits per heavy atom. The van der Waals surface area contributed by atoms with Crippen molar-refractivity contribution in [2.75, 3.05) is 6.61 Å². The number of hydrogen-bond acceptors (Lipinski definition) is 2. The molecule has 0 heterocycles. The molecule has 0 aliphatic heterocycles. The zero-order chi connectivity index (χ0) is 10.7. The molecule has 78 valence electrons. The van der Waals surface area contributed by atoms with Crippen molar-refractivity contribution in [1.82, 2.24) is 0 Å². The standard InChI is InChI=1S/C9H10ClF2NO/c10-5-1-8(11)7(9(12)2-5)3-6(13)4-14/h1-2,6,14H,3-4,13H2. The van der Waals surface area contributed by atoms with Gasteiger partial charge in [0.2, 0.25) is 0 Å². The summed E-state index contributed by atoms with van der Waals surface area (Å²) in [5.74, 6) is -1.47. The first-order valence-electron chi connectivity index (χ1n) is 4.04. The van der Waals surface area contributed by atoms with Gasteiger partial charge in [0.1, 0.15) is 11.6 Å². The summed E-state index contributed by atoms with van der Waals surface area (Å²) in [7, 11) is 0. The third-order valence-corrected chi connectivity index (χ3v) is 2.02. The van der Waals surface area contributed by atoms with Crippen molar-refractivity contribution < 1.29 is 13.9 Å². The largest absolute Gasteiger partial charge is 0.395 e. The van der Waals surface area contributed by atoms with Gasteiger partial charge < -0.3 is 10.8 Å². The highest BCUT2D eigenvalue weighted by Crippen LogP contribution is 2.19. The van der Waals surface area contributed by atoms with Gasteiger partial charge in [-0.05, 0) is 18.6 Å². The zero-order valence-electron chi connectivity index (χ0n) is 7.30. The molecule has 1 aromatic carbocycles. The van der Waals surface area contributed by atoms with Crippen LogP contribution in [0.1, 0.15) is 5.56 Å². The van der Waals surface area contributed by atoms with Gasteiger partial charge >= 0.3 is 0 Å². The van der Waals surface area contributed by atoms with Crippen molar-refractivity contribution >= 4 is 11.6 Å². The van der Waals surface area contributed by atoms with Crippen molar-refractivity contribution in [1.29, 1.82) is 0 Å². The van der Waals surface area contributed by atoms with Crippen LogP contribution in [0.15, 0.2) is 12.1 Å². The van der Waals surface area contributed by atoms with Crippen molar-refractivity contribution in [3.8, 4) is 0 Å². The molecule has 3 N–H and O–H groups in total. The lowest BCUT2D eigenvalue weighted by Gasteiger charge is -2.10. The lowest BCUT2D eigenvalue weighted by atomic mass is 10.1. The second-order valence-electron chi connectivity index (χ2n) is 2.99. The third-order valence-electron chi connectivity index (χ3n) is 1.81. The highest BCUT2D eigenvalue weighted by molar-refractivity contribution is 6.30. The molecule has 14 heavy (non-hydrogen) atoms. The molecule has 1 rings (SSSR count). The number of aliphatic hydroxyl groups is 1. The Hall–Kier alpha value is -0.710. The summed E-state index contributed by atoms with van der Waals surface area (Å²) in [4.78, 5) is 0. The summed E-state index contributed by atoms with van der Waals surface area (Å²) in [6.45, 7) is -0.318. The zero-order valence-corrected chi connectivity index (χ0v) is 8.06. The Morgan fingerprint density at radius 3 is 2.29 bits per heavy atom. The monoisotopic (exact) mass is 221 g/mol. The van der Waals surface area contributed by atoms with Crippen molar-refractivity contribution in [2.24, 2.45) is 5.73 Å². The van der Waals surface area contributed by atoms with Crippen LogP contribution in [0, 0.1) is 11.6 Å². The molecule has 0 fully saturated rings. The highest BCUT2D eigenvalue weighted by atomic mass is 35.5. The Kier molecular flexibility index (Phi) is 3.80. The van der Waals surface area contributed by atoms with E-state index in [4.69, 9.17) is 22.4 Å². The highest BCUT2D eigenvalue weighted by Gasteiger charge is 2.13. The SMILES string of the molecule is NC(CO)Cc1c(F)cc(Cl)cc1F. The smallest absolute Gasteiger partial charge is 0.130 e. The maximum atomic E-state index is 13.1. The maximum Gasteiger partial charge on any atom is 0.130 e. The molecule has 0 amide bonds. The number of hydrogen-bond donors (Lipinski definition) is 2. The van der Waals surface area contributed by atoms with E-state index in [0.29, 0.717) is 0 Å². The van der Waals surface area contributed by atoms with E-state index < -0.39 is 17.7 Å².